The number of benzene rings is 1. The van der Waals surface area contributed by atoms with E-state index >= 15 is 0 Å². The Bertz CT molecular complexity index is 658. The van der Waals surface area contributed by atoms with Gasteiger partial charge >= 0.3 is 0 Å². The minimum absolute atomic E-state index is 0.149. The molecule has 1 aromatic rings. The van der Waals surface area contributed by atoms with Crippen LogP contribution in [0.25, 0.3) is 6.08 Å². The van der Waals surface area contributed by atoms with Crippen LogP contribution in [0.2, 0.25) is 0 Å². The predicted octanol–water partition coefficient (Wildman–Crippen LogP) is 2.68. The van der Waals surface area contributed by atoms with E-state index in [1.54, 1.807) is 4.90 Å². The molecule has 0 aromatic heterocycles. The van der Waals surface area contributed by atoms with Crippen LogP contribution < -0.4 is 4.72 Å². The third-order valence-electron chi connectivity index (χ3n) is 4.15. The molecule has 1 saturated heterocycles. The molecule has 5 nitrogen and oxygen atoms in total. The van der Waals surface area contributed by atoms with Gasteiger partial charge in [-0.1, -0.05) is 49.1 Å². The molecular formula is C18H26N2O3S. The van der Waals surface area contributed by atoms with Crippen molar-refractivity contribution in [3.05, 3.63) is 40.8 Å². The van der Waals surface area contributed by atoms with Crippen molar-refractivity contribution in [3.63, 3.8) is 0 Å². The molecule has 0 radical (unpaired) electrons. The van der Waals surface area contributed by atoms with Gasteiger partial charge in [-0.2, -0.15) is 0 Å². The number of carbonyl (C=O) groups excluding carboxylic acids is 1. The van der Waals surface area contributed by atoms with Crippen LogP contribution in [0.15, 0.2) is 29.7 Å². The minimum atomic E-state index is -3.62. The molecule has 0 spiro atoms. The van der Waals surface area contributed by atoms with E-state index in [4.69, 9.17) is 0 Å². The number of sulfonamides is 1. The minimum Gasteiger partial charge on any atom is -0.342 e. The number of amides is 1. The molecule has 0 unspecified atom stereocenters. The maximum Gasteiger partial charge on any atom is 0.237 e. The lowest BCUT2D eigenvalue weighted by atomic mass is 10.1. The molecule has 6 heteroatoms. The molecule has 2 rings (SSSR count). The Hall–Kier alpha value is -1.66. The van der Waals surface area contributed by atoms with Gasteiger partial charge in [-0.25, -0.2) is 13.1 Å². The van der Waals surface area contributed by atoms with Crippen LogP contribution in [0.1, 0.15) is 43.2 Å². The van der Waals surface area contributed by atoms with Gasteiger partial charge in [0.15, 0.2) is 0 Å². The molecule has 1 aromatic carbocycles. The van der Waals surface area contributed by atoms with Gasteiger partial charge in [0.25, 0.3) is 0 Å². The lowest BCUT2D eigenvalue weighted by Gasteiger charge is -2.24. The Kier molecular flexibility index (Phi) is 6.99. The molecule has 0 atom stereocenters. The Balaban J connectivity index is 1.86. The smallest absolute Gasteiger partial charge is 0.237 e. The number of likely N-dealkylation sites (tertiary alicyclic amines) is 1. The second-order valence-corrected chi connectivity index (χ2v) is 7.88. The molecule has 0 aliphatic carbocycles. The van der Waals surface area contributed by atoms with Gasteiger partial charge in [0.05, 0.1) is 6.54 Å². The van der Waals surface area contributed by atoms with E-state index in [1.165, 1.54) is 12.5 Å². The van der Waals surface area contributed by atoms with Crippen molar-refractivity contribution in [2.24, 2.45) is 0 Å². The highest BCUT2D eigenvalue weighted by Crippen LogP contribution is 2.10. The quantitative estimate of drug-likeness (QED) is 0.888. The molecule has 1 amide bonds. The van der Waals surface area contributed by atoms with Crippen LogP contribution >= 0.6 is 0 Å². The number of nitrogens with zero attached hydrogens (tertiary/aromatic N) is 1. The van der Waals surface area contributed by atoms with E-state index in [-0.39, 0.29) is 12.5 Å². The first-order valence-electron chi connectivity index (χ1n) is 8.48. The van der Waals surface area contributed by atoms with Crippen LogP contribution in [0.5, 0.6) is 0 Å². The van der Waals surface area contributed by atoms with E-state index in [1.807, 2.05) is 31.2 Å². The summed E-state index contributed by atoms with van der Waals surface area (Å²) in [5.74, 6) is -0.149. The summed E-state index contributed by atoms with van der Waals surface area (Å²) in [7, 11) is -3.62. The molecule has 0 bridgehead atoms. The van der Waals surface area contributed by atoms with Crippen molar-refractivity contribution < 1.29 is 13.2 Å². The number of aryl methyl sites for hydroxylation is 1. The highest BCUT2D eigenvalue weighted by Gasteiger charge is 2.16. The first-order chi connectivity index (χ1) is 11.5. The summed E-state index contributed by atoms with van der Waals surface area (Å²) >= 11 is 0. The summed E-state index contributed by atoms with van der Waals surface area (Å²) in [5.41, 5.74) is 1.92. The number of rotatable bonds is 5. The van der Waals surface area contributed by atoms with Gasteiger partial charge in [0.2, 0.25) is 15.9 Å². The maximum absolute atomic E-state index is 12.2. The molecule has 1 fully saturated rings. The highest BCUT2D eigenvalue weighted by molar-refractivity contribution is 7.92. The van der Waals surface area contributed by atoms with Crippen molar-refractivity contribution in [2.75, 3.05) is 19.6 Å². The summed E-state index contributed by atoms with van der Waals surface area (Å²) in [6, 6.07) is 7.55. The van der Waals surface area contributed by atoms with Gasteiger partial charge in [0, 0.05) is 18.5 Å². The summed E-state index contributed by atoms with van der Waals surface area (Å²) in [5, 5.41) is 1.11. The summed E-state index contributed by atoms with van der Waals surface area (Å²) < 4.78 is 26.4. The van der Waals surface area contributed by atoms with E-state index in [9.17, 15) is 13.2 Å². The lowest BCUT2D eigenvalue weighted by Crippen LogP contribution is -2.41. The van der Waals surface area contributed by atoms with Crippen molar-refractivity contribution in [2.45, 2.75) is 39.0 Å². The number of hydrogen-bond acceptors (Lipinski definition) is 3. The SMILES string of the molecule is Cc1ccc(C=CS(=O)(=O)NCC(=O)N2CCCCCCC2)cc1. The van der Waals surface area contributed by atoms with Crippen molar-refractivity contribution in [3.8, 4) is 0 Å². The molecule has 1 heterocycles. The Morgan fingerprint density at radius 3 is 2.29 bits per heavy atom. The van der Waals surface area contributed by atoms with Crippen LogP contribution in [0, 0.1) is 6.92 Å². The van der Waals surface area contributed by atoms with Crippen LogP contribution in [0.4, 0.5) is 0 Å². The second kappa shape index (κ2) is 8.99. The third-order valence-corrected chi connectivity index (χ3v) is 5.19. The van der Waals surface area contributed by atoms with E-state index in [2.05, 4.69) is 4.72 Å². The standard InChI is InChI=1S/C18H26N2O3S/c1-16-7-9-17(10-8-16)11-14-24(22,23)19-15-18(21)20-12-5-3-2-4-6-13-20/h7-11,14,19H,2-6,12-13,15H2,1H3. The molecule has 132 valence electrons. The fourth-order valence-electron chi connectivity index (χ4n) is 2.66. The van der Waals surface area contributed by atoms with Crippen molar-refractivity contribution in [1.29, 1.82) is 0 Å². The highest BCUT2D eigenvalue weighted by atomic mass is 32.2. The van der Waals surface area contributed by atoms with Gasteiger partial charge < -0.3 is 4.90 Å². The maximum atomic E-state index is 12.2. The Morgan fingerprint density at radius 1 is 1.08 bits per heavy atom. The fraction of sp³-hybridized carbons (Fsp3) is 0.500. The number of hydrogen-bond donors (Lipinski definition) is 1. The Labute approximate surface area is 144 Å². The van der Waals surface area contributed by atoms with Crippen molar-refractivity contribution in [1.82, 2.24) is 9.62 Å². The zero-order valence-corrected chi connectivity index (χ0v) is 15.0. The summed E-state index contributed by atoms with van der Waals surface area (Å²) in [6.07, 6.45) is 7.00. The van der Waals surface area contributed by atoms with Gasteiger partial charge in [-0.3, -0.25) is 4.79 Å². The lowest BCUT2D eigenvalue weighted by molar-refractivity contribution is -0.130. The van der Waals surface area contributed by atoms with E-state index in [0.29, 0.717) is 0 Å². The number of nitrogens with one attached hydrogen (secondary N) is 1. The normalized spacial score (nSPS) is 16.8. The topological polar surface area (TPSA) is 66.5 Å². The number of carbonyl (C=O) groups is 1. The second-order valence-electron chi connectivity index (χ2n) is 6.23. The third kappa shape index (κ3) is 6.45. The molecule has 1 aliphatic heterocycles. The monoisotopic (exact) mass is 350 g/mol. The average molecular weight is 350 g/mol. The van der Waals surface area contributed by atoms with E-state index < -0.39 is 10.0 Å². The van der Waals surface area contributed by atoms with E-state index in [0.717, 1.165) is 55.3 Å². The van der Waals surface area contributed by atoms with Crippen LogP contribution in [-0.2, 0) is 14.8 Å². The van der Waals surface area contributed by atoms with Crippen LogP contribution in [0.3, 0.4) is 0 Å². The van der Waals surface area contributed by atoms with Gasteiger partial charge in [-0.05, 0) is 31.4 Å². The predicted molar refractivity (Wildman–Crippen MR) is 96.8 cm³/mol. The first kappa shape index (κ1) is 18.7. The zero-order chi connectivity index (χ0) is 17.4. The summed E-state index contributed by atoms with van der Waals surface area (Å²) in [6.45, 7) is 3.24. The van der Waals surface area contributed by atoms with Gasteiger partial charge in [-0.15, -0.1) is 0 Å². The van der Waals surface area contributed by atoms with Crippen molar-refractivity contribution >= 4 is 22.0 Å². The largest absolute Gasteiger partial charge is 0.342 e. The molecule has 1 aliphatic rings. The molecule has 1 N–H and O–H groups in total. The first-order valence-corrected chi connectivity index (χ1v) is 10.0. The fourth-order valence-corrected chi connectivity index (χ4v) is 3.42. The zero-order valence-electron chi connectivity index (χ0n) is 14.2. The average Bonchev–Trinajstić information content (AvgIpc) is 2.52. The molecular weight excluding hydrogens is 324 g/mol. The molecule has 0 saturated carbocycles. The van der Waals surface area contributed by atoms with Crippen LogP contribution in [-0.4, -0.2) is 38.9 Å². The van der Waals surface area contributed by atoms with Gasteiger partial charge in [0.1, 0.15) is 0 Å². The Morgan fingerprint density at radius 2 is 1.67 bits per heavy atom. The summed E-state index contributed by atoms with van der Waals surface area (Å²) in [4.78, 5) is 14.0. The molecule has 24 heavy (non-hydrogen) atoms.